The van der Waals surface area contributed by atoms with Crippen LogP contribution in [0.5, 0.6) is 0 Å². The van der Waals surface area contributed by atoms with Crippen molar-refractivity contribution in [1.29, 1.82) is 0 Å². The summed E-state index contributed by atoms with van der Waals surface area (Å²) in [6, 6.07) is 0. The van der Waals surface area contributed by atoms with Crippen molar-refractivity contribution in [2.75, 3.05) is 20.6 Å². The Morgan fingerprint density at radius 2 is 2.09 bits per heavy atom. The molecule has 0 atom stereocenters. The molecule has 0 amide bonds. The highest BCUT2D eigenvalue weighted by atomic mass is 17.1. The van der Waals surface area contributed by atoms with Crippen LogP contribution in [0.2, 0.25) is 0 Å². The lowest BCUT2D eigenvalue weighted by atomic mass is 10.2. The van der Waals surface area contributed by atoms with Gasteiger partial charge in [0.15, 0.2) is 0 Å². The maximum absolute atomic E-state index is 8.13. The molecule has 1 N–H and O–H groups in total. The van der Waals surface area contributed by atoms with Crippen LogP contribution in [0.15, 0.2) is 12.3 Å². The third kappa shape index (κ3) is 7.36. The van der Waals surface area contributed by atoms with Crippen molar-refractivity contribution in [2.45, 2.75) is 19.3 Å². The zero-order chi connectivity index (χ0) is 8.69. The van der Waals surface area contributed by atoms with Gasteiger partial charge in [0.25, 0.3) is 0 Å². The fourth-order valence-corrected chi connectivity index (χ4v) is 0.796. The SMILES string of the molecule is C=C(CCCCN(C)C)OO. The van der Waals surface area contributed by atoms with Gasteiger partial charge >= 0.3 is 0 Å². The third-order valence-corrected chi connectivity index (χ3v) is 1.44. The number of unbranched alkanes of at least 4 members (excludes halogenated alkanes) is 1. The van der Waals surface area contributed by atoms with Crippen LogP contribution in [0, 0.1) is 0 Å². The number of allylic oxidation sites excluding steroid dienone is 1. The van der Waals surface area contributed by atoms with Gasteiger partial charge in [-0.3, -0.25) is 0 Å². The summed E-state index contributed by atoms with van der Waals surface area (Å²) in [5.41, 5.74) is 0. The molecule has 11 heavy (non-hydrogen) atoms. The van der Waals surface area contributed by atoms with Crippen LogP contribution < -0.4 is 0 Å². The zero-order valence-corrected chi connectivity index (χ0v) is 7.34. The van der Waals surface area contributed by atoms with Crippen molar-refractivity contribution < 1.29 is 10.1 Å². The van der Waals surface area contributed by atoms with Crippen molar-refractivity contribution in [2.24, 2.45) is 0 Å². The zero-order valence-electron chi connectivity index (χ0n) is 7.34. The van der Waals surface area contributed by atoms with Crippen LogP contribution in [0.25, 0.3) is 0 Å². The topological polar surface area (TPSA) is 32.7 Å². The van der Waals surface area contributed by atoms with Crippen LogP contribution >= 0.6 is 0 Å². The van der Waals surface area contributed by atoms with Crippen molar-refractivity contribution in [3.8, 4) is 0 Å². The van der Waals surface area contributed by atoms with Gasteiger partial charge in [0.1, 0.15) is 5.76 Å². The maximum Gasteiger partial charge on any atom is 0.135 e. The van der Waals surface area contributed by atoms with Crippen molar-refractivity contribution >= 4 is 0 Å². The summed E-state index contributed by atoms with van der Waals surface area (Å²) in [4.78, 5) is 6.08. The van der Waals surface area contributed by atoms with Crippen molar-refractivity contribution in [3.63, 3.8) is 0 Å². The molecule has 66 valence electrons. The Labute approximate surface area is 68.2 Å². The van der Waals surface area contributed by atoms with E-state index in [-0.39, 0.29) is 0 Å². The average molecular weight is 159 g/mol. The third-order valence-electron chi connectivity index (χ3n) is 1.44. The monoisotopic (exact) mass is 159 g/mol. The fraction of sp³-hybridized carbons (Fsp3) is 0.750. The first kappa shape index (κ1) is 10.5. The highest BCUT2D eigenvalue weighted by Crippen LogP contribution is 2.04. The predicted octanol–water partition coefficient (Wildman–Crippen LogP) is 1.72. The molecule has 0 bridgehead atoms. The summed E-state index contributed by atoms with van der Waals surface area (Å²) >= 11 is 0. The van der Waals surface area contributed by atoms with Crippen molar-refractivity contribution in [3.05, 3.63) is 12.3 Å². The fourth-order valence-electron chi connectivity index (χ4n) is 0.796. The molecule has 0 aliphatic heterocycles. The van der Waals surface area contributed by atoms with Crippen LogP contribution in [0.3, 0.4) is 0 Å². The first-order valence-electron chi connectivity index (χ1n) is 3.80. The Morgan fingerprint density at radius 1 is 1.45 bits per heavy atom. The van der Waals surface area contributed by atoms with E-state index in [9.17, 15) is 0 Å². The molecule has 0 heterocycles. The highest BCUT2D eigenvalue weighted by Gasteiger charge is 1.95. The summed E-state index contributed by atoms with van der Waals surface area (Å²) < 4.78 is 0. The smallest absolute Gasteiger partial charge is 0.135 e. The van der Waals surface area contributed by atoms with E-state index in [1.807, 2.05) is 14.1 Å². The first-order valence-corrected chi connectivity index (χ1v) is 3.80. The molecule has 3 nitrogen and oxygen atoms in total. The molecular weight excluding hydrogens is 142 g/mol. The average Bonchev–Trinajstić information content (AvgIpc) is 1.97. The summed E-state index contributed by atoms with van der Waals surface area (Å²) in [5, 5.41) is 8.13. The van der Waals surface area contributed by atoms with Gasteiger partial charge in [0.05, 0.1) is 0 Å². The van der Waals surface area contributed by atoms with Crippen molar-refractivity contribution in [1.82, 2.24) is 4.90 Å². The molecule has 0 saturated heterocycles. The quantitative estimate of drug-likeness (QED) is 0.277. The van der Waals surface area contributed by atoms with Gasteiger partial charge in [-0.25, -0.2) is 5.26 Å². The van der Waals surface area contributed by atoms with Gasteiger partial charge in [-0.05, 0) is 33.5 Å². The van der Waals surface area contributed by atoms with Gasteiger partial charge in [0, 0.05) is 6.42 Å². The second-order valence-corrected chi connectivity index (χ2v) is 2.89. The van der Waals surface area contributed by atoms with E-state index in [0.717, 1.165) is 25.8 Å². The first-order chi connectivity index (χ1) is 5.16. The molecular formula is C8H17NO2. The Balaban J connectivity index is 3.08. The summed E-state index contributed by atoms with van der Waals surface area (Å²) in [6.45, 7) is 4.57. The molecule has 0 rings (SSSR count). The highest BCUT2D eigenvalue weighted by molar-refractivity contribution is 4.79. The molecule has 0 saturated carbocycles. The van der Waals surface area contributed by atoms with Gasteiger partial charge < -0.3 is 9.79 Å². The number of nitrogens with zero attached hydrogens (tertiary/aromatic N) is 1. The van der Waals surface area contributed by atoms with Gasteiger partial charge in [-0.15, -0.1) is 0 Å². The molecule has 0 radical (unpaired) electrons. The van der Waals surface area contributed by atoms with Crippen LogP contribution in [0.1, 0.15) is 19.3 Å². The summed E-state index contributed by atoms with van der Waals surface area (Å²) in [6.07, 6.45) is 2.86. The van der Waals surface area contributed by atoms with E-state index in [4.69, 9.17) is 5.26 Å². The summed E-state index contributed by atoms with van der Waals surface area (Å²) in [5.74, 6) is 0.448. The Morgan fingerprint density at radius 3 is 2.55 bits per heavy atom. The Hall–Kier alpha value is -0.540. The molecule has 0 aromatic rings. The number of hydrogen-bond donors (Lipinski definition) is 1. The second-order valence-electron chi connectivity index (χ2n) is 2.89. The van der Waals surface area contributed by atoms with Gasteiger partial charge in [0.2, 0.25) is 0 Å². The maximum atomic E-state index is 8.13. The Bertz CT molecular complexity index is 113. The van der Waals surface area contributed by atoms with E-state index in [2.05, 4.69) is 16.4 Å². The van der Waals surface area contributed by atoms with E-state index in [0.29, 0.717) is 5.76 Å². The lowest BCUT2D eigenvalue weighted by Crippen LogP contribution is -2.12. The molecule has 0 fully saturated rings. The predicted molar refractivity (Wildman–Crippen MR) is 45.3 cm³/mol. The molecule has 0 aromatic carbocycles. The number of rotatable bonds is 6. The molecule has 0 aliphatic carbocycles. The lowest BCUT2D eigenvalue weighted by Gasteiger charge is -2.08. The molecule has 0 aliphatic rings. The van der Waals surface area contributed by atoms with E-state index in [1.165, 1.54) is 0 Å². The molecule has 0 unspecified atom stereocenters. The van der Waals surface area contributed by atoms with Crippen LogP contribution in [-0.2, 0) is 4.89 Å². The minimum absolute atomic E-state index is 0.448. The largest absolute Gasteiger partial charge is 0.345 e. The second kappa shape index (κ2) is 6.19. The molecule has 0 spiro atoms. The normalized spacial score (nSPS) is 10.2. The Kier molecular flexibility index (Phi) is 5.88. The minimum Gasteiger partial charge on any atom is -0.345 e. The standard InChI is InChI=1S/C8H17NO2/c1-8(11-10)6-4-5-7-9(2)3/h10H,1,4-7H2,2-3H3. The lowest BCUT2D eigenvalue weighted by molar-refractivity contribution is -0.205. The summed E-state index contributed by atoms with van der Waals surface area (Å²) in [7, 11) is 4.08. The van der Waals surface area contributed by atoms with Crippen LogP contribution in [0.4, 0.5) is 0 Å². The number of hydrogen-bond acceptors (Lipinski definition) is 3. The van der Waals surface area contributed by atoms with E-state index < -0.39 is 0 Å². The van der Waals surface area contributed by atoms with Gasteiger partial charge in [-0.2, -0.15) is 0 Å². The molecule has 0 aromatic heterocycles. The minimum atomic E-state index is 0.448. The van der Waals surface area contributed by atoms with Crippen LogP contribution in [-0.4, -0.2) is 30.8 Å². The van der Waals surface area contributed by atoms with Gasteiger partial charge in [-0.1, -0.05) is 6.58 Å². The van der Waals surface area contributed by atoms with E-state index in [1.54, 1.807) is 0 Å². The molecule has 3 heteroatoms. The van der Waals surface area contributed by atoms with E-state index >= 15 is 0 Å².